The third-order valence-electron chi connectivity index (χ3n) is 3.60. The molecule has 8 nitrogen and oxygen atoms in total. The minimum Gasteiger partial charge on any atom is -0.345 e. The molecule has 3 aromatic rings. The average Bonchev–Trinajstić information content (AvgIpc) is 3.24. The Morgan fingerprint density at radius 2 is 2.27 bits per heavy atom. The van der Waals surface area contributed by atoms with Gasteiger partial charge in [-0.25, -0.2) is 0 Å². The maximum absolute atomic E-state index is 12.0. The quantitative estimate of drug-likeness (QED) is 0.739. The molecule has 26 heavy (non-hydrogen) atoms. The Morgan fingerprint density at radius 1 is 1.46 bits per heavy atom. The highest BCUT2D eigenvalue weighted by Crippen LogP contribution is 2.24. The summed E-state index contributed by atoms with van der Waals surface area (Å²) >= 11 is 6.06. The van der Waals surface area contributed by atoms with Crippen LogP contribution in [-0.4, -0.2) is 31.9 Å². The van der Waals surface area contributed by atoms with Crippen LogP contribution >= 0.6 is 11.6 Å². The number of nitriles is 1. The lowest BCUT2D eigenvalue weighted by atomic mass is 10.1. The number of hydrogen-bond acceptors (Lipinski definition) is 6. The van der Waals surface area contributed by atoms with Crippen LogP contribution in [0.3, 0.4) is 0 Å². The largest absolute Gasteiger partial charge is 0.345 e. The zero-order chi connectivity index (χ0) is 18.7. The van der Waals surface area contributed by atoms with Crippen molar-refractivity contribution < 1.29 is 9.32 Å². The van der Waals surface area contributed by atoms with Gasteiger partial charge in [-0.05, 0) is 25.1 Å². The second-order valence-electron chi connectivity index (χ2n) is 5.74. The molecule has 0 aliphatic rings. The number of hydrogen-bond donors (Lipinski definition) is 1. The molecule has 0 saturated carbocycles. The molecule has 2 heterocycles. The van der Waals surface area contributed by atoms with E-state index in [2.05, 4.69) is 20.6 Å². The van der Waals surface area contributed by atoms with Gasteiger partial charge in [-0.15, -0.1) is 0 Å². The molecule has 0 unspecified atom stereocenters. The van der Waals surface area contributed by atoms with Gasteiger partial charge in [-0.1, -0.05) is 22.8 Å². The van der Waals surface area contributed by atoms with Crippen molar-refractivity contribution >= 4 is 17.5 Å². The summed E-state index contributed by atoms with van der Waals surface area (Å²) in [5, 5.41) is 20.2. The molecule has 1 aromatic carbocycles. The van der Waals surface area contributed by atoms with E-state index < -0.39 is 5.91 Å². The molecule has 1 N–H and O–H groups in total. The highest BCUT2D eigenvalue weighted by atomic mass is 35.5. The van der Waals surface area contributed by atoms with E-state index >= 15 is 0 Å². The second-order valence-corrected chi connectivity index (χ2v) is 6.15. The summed E-state index contributed by atoms with van der Waals surface area (Å²) in [5.41, 5.74) is 1.96. The number of carbonyl (C=O) groups excluding carboxylic acids is 1. The molecule has 2 aromatic heterocycles. The van der Waals surface area contributed by atoms with Crippen molar-refractivity contribution in [2.24, 2.45) is 0 Å². The number of halogens is 1. The summed E-state index contributed by atoms with van der Waals surface area (Å²) in [6, 6.07) is 8.83. The van der Waals surface area contributed by atoms with Crippen LogP contribution in [0.4, 0.5) is 0 Å². The highest BCUT2D eigenvalue weighted by molar-refractivity contribution is 6.32. The van der Waals surface area contributed by atoms with Crippen molar-refractivity contribution in [2.75, 3.05) is 0 Å². The van der Waals surface area contributed by atoms with Gasteiger partial charge >= 0.3 is 0 Å². The van der Waals surface area contributed by atoms with Gasteiger partial charge in [0, 0.05) is 24.7 Å². The first-order valence-corrected chi connectivity index (χ1v) is 8.18. The molecule has 132 valence electrons. The average molecular weight is 371 g/mol. The third-order valence-corrected chi connectivity index (χ3v) is 3.91. The fourth-order valence-corrected chi connectivity index (χ4v) is 2.61. The standard InChI is InChI=1S/C17H15ClN6O2/c1-10(20-17(25)16-21-11(2)26-23-16)9-24-6-5-15(22-24)12-3-4-13(8-19)14(18)7-12/h3-7,10H,9H2,1-2H3,(H,20,25)/t10-/m0/s1. The van der Waals surface area contributed by atoms with Crippen LogP contribution in [0, 0.1) is 18.3 Å². The number of amides is 1. The Bertz CT molecular complexity index is 987. The molecule has 3 rings (SSSR count). The topological polar surface area (TPSA) is 110 Å². The third kappa shape index (κ3) is 3.90. The van der Waals surface area contributed by atoms with Crippen molar-refractivity contribution in [3.05, 3.63) is 52.8 Å². The Morgan fingerprint density at radius 3 is 2.92 bits per heavy atom. The van der Waals surface area contributed by atoms with Gasteiger partial charge in [0.25, 0.3) is 11.7 Å². The van der Waals surface area contributed by atoms with Crippen LogP contribution in [0.5, 0.6) is 0 Å². The van der Waals surface area contributed by atoms with Crippen LogP contribution in [-0.2, 0) is 6.54 Å². The summed E-state index contributed by atoms with van der Waals surface area (Å²) < 4.78 is 6.51. The number of nitrogens with zero attached hydrogens (tertiary/aromatic N) is 5. The zero-order valence-corrected chi connectivity index (χ0v) is 14.9. The first-order valence-electron chi connectivity index (χ1n) is 7.81. The normalized spacial score (nSPS) is 11.8. The fraction of sp³-hybridized carbons (Fsp3) is 0.235. The first kappa shape index (κ1) is 17.6. The van der Waals surface area contributed by atoms with Crippen LogP contribution in [0.15, 0.2) is 35.0 Å². The van der Waals surface area contributed by atoms with E-state index in [1.807, 2.05) is 25.3 Å². The number of nitrogens with one attached hydrogen (secondary N) is 1. The number of benzene rings is 1. The predicted octanol–water partition coefficient (Wildman–Crippen LogP) is 2.59. The molecule has 0 aliphatic carbocycles. The summed E-state index contributed by atoms with van der Waals surface area (Å²) in [6.07, 6.45) is 1.81. The van der Waals surface area contributed by atoms with Gasteiger partial charge in [0.15, 0.2) is 0 Å². The summed E-state index contributed by atoms with van der Waals surface area (Å²) in [4.78, 5) is 15.9. The molecular weight excluding hydrogens is 356 g/mol. The van der Waals surface area contributed by atoms with E-state index in [0.29, 0.717) is 23.0 Å². The van der Waals surface area contributed by atoms with E-state index in [4.69, 9.17) is 21.4 Å². The number of aromatic nitrogens is 4. The van der Waals surface area contributed by atoms with E-state index in [-0.39, 0.29) is 11.9 Å². The van der Waals surface area contributed by atoms with Gasteiger partial charge in [0.05, 0.1) is 22.8 Å². The molecule has 0 saturated heterocycles. The Hall–Kier alpha value is -3.18. The highest BCUT2D eigenvalue weighted by Gasteiger charge is 2.16. The van der Waals surface area contributed by atoms with Gasteiger partial charge in [0.1, 0.15) is 6.07 Å². The van der Waals surface area contributed by atoms with Crippen molar-refractivity contribution in [1.29, 1.82) is 5.26 Å². The maximum atomic E-state index is 12.0. The van der Waals surface area contributed by atoms with Crippen molar-refractivity contribution in [3.63, 3.8) is 0 Å². The molecule has 1 amide bonds. The monoisotopic (exact) mass is 370 g/mol. The molecule has 0 spiro atoms. The Kier molecular flexibility index (Phi) is 5.00. The van der Waals surface area contributed by atoms with Crippen LogP contribution < -0.4 is 5.32 Å². The number of aryl methyl sites for hydroxylation is 1. The Balaban J connectivity index is 1.65. The van der Waals surface area contributed by atoms with Crippen LogP contribution in [0.25, 0.3) is 11.3 Å². The predicted molar refractivity (Wildman–Crippen MR) is 93.4 cm³/mol. The van der Waals surface area contributed by atoms with Gasteiger partial charge in [0.2, 0.25) is 5.89 Å². The molecular formula is C17H15ClN6O2. The van der Waals surface area contributed by atoms with E-state index in [1.54, 1.807) is 29.8 Å². The van der Waals surface area contributed by atoms with Crippen LogP contribution in [0.1, 0.15) is 29.0 Å². The zero-order valence-electron chi connectivity index (χ0n) is 14.1. The minimum absolute atomic E-state index is 0.00253. The molecule has 0 aliphatic heterocycles. The SMILES string of the molecule is Cc1nc(C(=O)N[C@@H](C)Cn2ccc(-c3ccc(C#N)c(Cl)c3)n2)no1. The number of rotatable bonds is 5. The summed E-state index contributed by atoms with van der Waals surface area (Å²) in [7, 11) is 0. The molecule has 9 heteroatoms. The number of carbonyl (C=O) groups is 1. The van der Waals surface area contributed by atoms with Crippen molar-refractivity contribution in [2.45, 2.75) is 26.4 Å². The molecule has 0 radical (unpaired) electrons. The lowest BCUT2D eigenvalue weighted by molar-refractivity contribution is 0.0922. The molecule has 0 bridgehead atoms. The fourth-order valence-electron chi connectivity index (χ4n) is 2.39. The van der Waals surface area contributed by atoms with E-state index in [1.165, 1.54) is 0 Å². The van der Waals surface area contributed by atoms with Gasteiger partial charge in [-0.2, -0.15) is 15.3 Å². The lowest BCUT2D eigenvalue weighted by Gasteiger charge is -2.12. The van der Waals surface area contributed by atoms with Crippen molar-refractivity contribution in [3.8, 4) is 17.3 Å². The van der Waals surface area contributed by atoms with E-state index in [0.717, 1.165) is 11.3 Å². The van der Waals surface area contributed by atoms with Crippen molar-refractivity contribution in [1.82, 2.24) is 25.2 Å². The Labute approximate surface area is 154 Å². The lowest BCUT2D eigenvalue weighted by Crippen LogP contribution is -2.36. The van der Waals surface area contributed by atoms with E-state index in [9.17, 15) is 4.79 Å². The first-order chi connectivity index (χ1) is 12.5. The maximum Gasteiger partial charge on any atom is 0.292 e. The summed E-state index contributed by atoms with van der Waals surface area (Å²) in [5.74, 6) is -0.0658. The van der Waals surface area contributed by atoms with Gasteiger partial charge in [-0.3, -0.25) is 9.48 Å². The van der Waals surface area contributed by atoms with Crippen LogP contribution in [0.2, 0.25) is 5.02 Å². The smallest absolute Gasteiger partial charge is 0.292 e. The summed E-state index contributed by atoms with van der Waals surface area (Å²) in [6.45, 7) is 3.94. The molecule has 0 fully saturated rings. The van der Waals surface area contributed by atoms with Gasteiger partial charge < -0.3 is 9.84 Å². The molecule has 1 atom stereocenters. The second kappa shape index (κ2) is 7.37. The minimum atomic E-state index is -0.402.